The van der Waals surface area contributed by atoms with Crippen LogP contribution in [0.4, 0.5) is 5.82 Å². The van der Waals surface area contributed by atoms with Crippen LogP contribution in [0.2, 0.25) is 5.02 Å². The zero-order valence-electron chi connectivity index (χ0n) is 14.2. The molecule has 0 bridgehead atoms. The first-order chi connectivity index (χ1) is 12.7. The van der Waals surface area contributed by atoms with Gasteiger partial charge in [-0.15, -0.1) is 11.3 Å². The first-order valence-corrected chi connectivity index (χ1v) is 9.89. The molecule has 7 heteroatoms. The third kappa shape index (κ3) is 2.87. The normalized spacial score (nSPS) is 23.2. The molecule has 5 rings (SSSR count). The van der Waals surface area contributed by atoms with Crippen molar-refractivity contribution in [2.24, 2.45) is 0 Å². The monoisotopic (exact) mass is 387 g/mol. The van der Waals surface area contributed by atoms with Gasteiger partial charge in [-0.1, -0.05) is 23.7 Å². The van der Waals surface area contributed by atoms with E-state index >= 15 is 0 Å². The Kier molecular flexibility index (Phi) is 4.09. The summed E-state index contributed by atoms with van der Waals surface area (Å²) in [6.07, 6.45) is 2.60. The summed E-state index contributed by atoms with van der Waals surface area (Å²) in [5.74, 6) is 0.995. The van der Waals surface area contributed by atoms with Gasteiger partial charge >= 0.3 is 0 Å². The van der Waals surface area contributed by atoms with Gasteiger partial charge in [0.15, 0.2) is 0 Å². The topological polar surface area (TPSA) is 47.5 Å². The number of ether oxygens (including phenoxy) is 2. The SMILES string of the molecule is Clc1ccc(-c2cc3ncnc(N4CCOC5(CCOC5)C4)c3s2)cc1. The molecule has 1 unspecified atom stereocenters. The Morgan fingerprint density at radius 3 is 2.85 bits per heavy atom. The Morgan fingerprint density at radius 2 is 2.04 bits per heavy atom. The number of fused-ring (bicyclic) bond motifs is 1. The van der Waals surface area contributed by atoms with Crippen LogP contribution in [0.25, 0.3) is 20.7 Å². The van der Waals surface area contributed by atoms with E-state index in [1.54, 1.807) is 17.7 Å². The van der Waals surface area contributed by atoms with Crippen LogP contribution in [0.15, 0.2) is 36.7 Å². The molecular weight excluding hydrogens is 370 g/mol. The Labute approximate surface area is 160 Å². The molecule has 0 N–H and O–H groups in total. The smallest absolute Gasteiger partial charge is 0.150 e. The standard InChI is InChI=1S/C19H18ClN3O2S/c20-14-3-1-13(2-4-14)16-9-15-17(26-16)18(22-12-21-15)23-6-8-25-19(10-23)5-7-24-11-19/h1-4,9,12H,5-8,10-11H2. The molecule has 1 spiro atoms. The van der Waals surface area contributed by atoms with Crippen molar-refractivity contribution in [1.82, 2.24) is 9.97 Å². The number of rotatable bonds is 2. The van der Waals surface area contributed by atoms with Crippen molar-refractivity contribution in [1.29, 1.82) is 0 Å². The number of aromatic nitrogens is 2. The van der Waals surface area contributed by atoms with Gasteiger partial charge < -0.3 is 14.4 Å². The molecule has 3 aromatic rings. The molecule has 0 saturated carbocycles. The molecule has 1 aromatic carbocycles. The van der Waals surface area contributed by atoms with E-state index in [4.69, 9.17) is 21.1 Å². The Balaban J connectivity index is 1.53. The van der Waals surface area contributed by atoms with Gasteiger partial charge in [0.25, 0.3) is 0 Å². The average molecular weight is 388 g/mol. The highest BCUT2D eigenvalue weighted by Crippen LogP contribution is 2.39. The molecule has 2 aliphatic heterocycles. The summed E-state index contributed by atoms with van der Waals surface area (Å²) in [5, 5.41) is 0.743. The lowest BCUT2D eigenvalue weighted by Crippen LogP contribution is -2.52. The van der Waals surface area contributed by atoms with E-state index in [2.05, 4.69) is 20.9 Å². The van der Waals surface area contributed by atoms with Crippen molar-refractivity contribution in [3.63, 3.8) is 0 Å². The highest BCUT2D eigenvalue weighted by Gasteiger charge is 2.41. The van der Waals surface area contributed by atoms with Gasteiger partial charge in [0.1, 0.15) is 17.7 Å². The summed E-state index contributed by atoms with van der Waals surface area (Å²) in [7, 11) is 0. The molecular formula is C19H18ClN3O2S. The number of halogens is 1. The highest BCUT2D eigenvalue weighted by atomic mass is 35.5. The van der Waals surface area contributed by atoms with Crippen molar-refractivity contribution < 1.29 is 9.47 Å². The first-order valence-electron chi connectivity index (χ1n) is 8.70. The number of morpholine rings is 1. The van der Waals surface area contributed by atoms with E-state index in [1.807, 2.05) is 24.3 Å². The summed E-state index contributed by atoms with van der Waals surface area (Å²) in [6.45, 7) is 3.78. The maximum atomic E-state index is 6.06. The van der Waals surface area contributed by atoms with Gasteiger partial charge in [-0.2, -0.15) is 0 Å². The second kappa shape index (κ2) is 6.46. The quantitative estimate of drug-likeness (QED) is 0.665. The predicted octanol–water partition coefficient (Wildman–Crippen LogP) is 4.01. The van der Waals surface area contributed by atoms with Gasteiger partial charge in [0.05, 0.1) is 30.0 Å². The lowest BCUT2D eigenvalue weighted by Gasteiger charge is -2.40. The molecule has 2 saturated heterocycles. The molecule has 134 valence electrons. The minimum absolute atomic E-state index is 0.189. The lowest BCUT2D eigenvalue weighted by atomic mass is 10.0. The van der Waals surface area contributed by atoms with E-state index in [0.29, 0.717) is 13.2 Å². The van der Waals surface area contributed by atoms with Crippen LogP contribution < -0.4 is 4.90 Å². The summed E-state index contributed by atoms with van der Waals surface area (Å²) in [5.41, 5.74) is 1.94. The van der Waals surface area contributed by atoms with Crippen molar-refractivity contribution in [3.05, 3.63) is 41.7 Å². The summed E-state index contributed by atoms with van der Waals surface area (Å²) >= 11 is 7.74. The fraction of sp³-hybridized carbons (Fsp3) is 0.368. The minimum Gasteiger partial charge on any atom is -0.378 e. The zero-order valence-corrected chi connectivity index (χ0v) is 15.7. The van der Waals surface area contributed by atoms with Crippen molar-refractivity contribution >= 4 is 39.0 Å². The Hall–Kier alpha value is -1.73. The van der Waals surface area contributed by atoms with Crippen LogP contribution in [0.5, 0.6) is 0 Å². The first kappa shape index (κ1) is 16.4. The maximum Gasteiger partial charge on any atom is 0.150 e. The average Bonchev–Trinajstić information content (AvgIpc) is 3.29. The van der Waals surface area contributed by atoms with Crippen LogP contribution >= 0.6 is 22.9 Å². The summed E-state index contributed by atoms with van der Waals surface area (Å²) < 4.78 is 12.8. The fourth-order valence-corrected chi connectivity index (χ4v) is 4.94. The van der Waals surface area contributed by atoms with E-state index in [1.165, 1.54) is 4.88 Å². The van der Waals surface area contributed by atoms with Gasteiger partial charge in [-0.25, -0.2) is 9.97 Å². The molecule has 1 atom stereocenters. The third-order valence-corrected chi connectivity index (χ3v) is 6.46. The molecule has 4 heterocycles. The lowest BCUT2D eigenvalue weighted by molar-refractivity contribution is -0.0580. The van der Waals surface area contributed by atoms with Gasteiger partial charge in [0, 0.05) is 29.5 Å². The highest BCUT2D eigenvalue weighted by molar-refractivity contribution is 7.22. The van der Waals surface area contributed by atoms with Crippen molar-refractivity contribution in [3.8, 4) is 10.4 Å². The van der Waals surface area contributed by atoms with Crippen LogP contribution in [0.1, 0.15) is 6.42 Å². The van der Waals surface area contributed by atoms with E-state index in [9.17, 15) is 0 Å². The number of hydrogen-bond donors (Lipinski definition) is 0. The number of nitrogens with zero attached hydrogens (tertiary/aromatic N) is 3. The summed E-state index contributed by atoms with van der Waals surface area (Å²) in [6, 6.07) is 10.0. The molecule has 0 radical (unpaired) electrons. The second-order valence-corrected chi connectivity index (χ2v) is 8.27. The van der Waals surface area contributed by atoms with Gasteiger partial charge in [0.2, 0.25) is 0 Å². The Bertz CT molecular complexity index is 938. The molecule has 2 aromatic heterocycles. The Morgan fingerprint density at radius 1 is 1.15 bits per heavy atom. The molecule has 26 heavy (non-hydrogen) atoms. The van der Waals surface area contributed by atoms with Crippen molar-refractivity contribution in [2.45, 2.75) is 12.0 Å². The maximum absolute atomic E-state index is 6.06. The van der Waals surface area contributed by atoms with E-state index in [-0.39, 0.29) is 5.60 Å². The van der Waals surface area contributed by atoms with Gasteiger partial charge in [-0.05, 0) is 23.8 Å². The predicted molar refractivity (Wildman–Crippen MR) is 104 cm³/mol. The zero-order chi connectivity index (χ0) is 17.6. The molecule has 2 fully saturated rings. The molecule has 0 aliphatic carbocycles. The molecule has 2 aliphatic rings. The third-order valence-electron chi connectivity index (χ3n) is 5.04. The number of anilines is 1. The summed E-state index contributed by atoms with van der Waals surface area (Å²) in [4.78, 5) is 12.6. The number of benzene rings is 1. The van der Waals surface area contributed by atoms with E-state index in [0.717, 1.165) is 52.7 Å². The second-order valence-electron chi connectivity index (χ2n) is 6.78. The largest absolute Gasteiger partial charge is 0.378 e. The van der Waals surface area contributed by atoms with Crippen LogP contribution in [-0.2, 0) is 9.47 Å². The molecule has 5 nitrogen and oxygen atoms in total. The van der Waals surface area contributed by atoms with Crippen molar-refractivity contribution in [2.75, 3.05) is 37.8 Å². The van der Waals surface area contributed by atoms with Crippen LogP contribution in [0.3, 0.4) is 0 Å². The number of thiophene rings is 1. The van der Waals surface area contributed by atoms with Crippen LogP contribution in [0, 0.1) is 0 Å². The van der Waals surface area contributed by atoms with E-state index < -0.39 is 0 Å². The molecule has 0 amide bonds. The fourth-order valence-electron chi connectivity index (χ4n) is 3.68. The minimum atomic E-state index is -0.189. The number of hydrogen-bond acceptors (Lipinski definition) is 6. The van der Waals surface area contributed by atoms with Crippen LogP contribution in [-0.4, -0.2) is 48.5 Å². The van der Waals surface area contributed by atoms with Gasteiger partial charge in [-0.3, -0.25) is 0 Å².